The third-order valence-corrected chi connectivity index (χ3v) is 8.55. The maximum absolute atomic E-state index is 13.7. The Morgan fingerprint density at radius 3 is 2.31 bits per heavy atom. The lowest BCUT2D eigenvalue weighted by Crippen LogP contribution is -2.42. The Morgan fingerprint density at radius 1 is 0.914 bits per heavy atom. The number of benzene rings is 3. The van der Waals surface area contributed by atoms with E-state index in [2.05, 4.69) is 23.5 Å². The SMILES string of the molecule is CCc1ccccc1N(CC(=O)N[C@@H](CC)c1ccc2c(c1)CCCC2)S(=O)(=O)c1ccccc1. The molecule has 0 radical (unpaired) electrons. The quantitative estimate of drug-likeness (QED) is 0.425. The van der Waals surface area contributed by atoms with Gasteiger partial charge in [-0.15, -0.1) is 0 Å². The summed E-state index contributed by atoms with van der Waals surface area (Å²) in [4.78, 5) is 13.5. The molecule has 1 atom stereocenters. The van der Waals surface area contributed by atoms with Crippen LogP contribution in [0, 0.1) is 0 Å². The van der Waals surface area contributed by atoms with Gasteiger partial charge in [0.05, 0.1) is 16.6 Å². The van der Waals surface area contributed by atoms with Crippen molar-refractivity contribution < 1.29 is 13.2 Å². The Bertz CT molecular complexity index is 1270. The predicted molar refractivity (Wildman–Crippen MR) is 141 cm³/mol. The zero-order chi connectivity index (χ0) is 24.8. The summed E-state index contributed by atoms with van der Waals surface area (Å²) >= 11 is 0. The molecule has 1 N–H and O–H groups in total. The number of amides is 1. The highest BCUT2D eigenvalue weighted by Gasteiger charge is 2.29. The number of carbonyl (C=O) groups is 1. The lowest BCUT2D eigenvalue weighted by atomic mass is 9.89. The highest BCUT2D eigenvalue weighted by atomic mass is 32.2. The molecule has 0 fully saturated rings. The number of hydrogen-bond acceptors (Lipinski definition) is 3. The van der Waals surface area contributed by atoms with Gasteiger partial charge in [0.2, 0.25) is 5.91 Å². The Hall–Kier alpha value is -3.12. The highest BCUT2D eigenvalue weighted by molar-refractivity contribution is 7.92. The summed E-state index contributed by atoms with van der Waals surface area (Å²) in [5, 5.41) is 3.11. The molecule has 0 saturated heterocycles. The molecule has 3 aromatic carbocycles. The number of carbonyl (C=O) groups excluding carboxylic acids is 1. The minimum atomic E-state index is -3.93. The van der Waals surface area contributed by atoms with E-state index in [1.54, 1.807) is 36.4 Å². The van der Waals surface area contributed by atoms with Crippen LogP contribution in [0.4, 0.5) is 5.69 Å². The zero-order valence-corrected chi connectivity index (χ0v) is 21.4. The van der Waals surface area contributed by atoms with Crippen LogP contribution in [0.3, 0.4) is 0 Å². The first-order valence-corrected chi connectivity index (χ1v) is 13.9. The number of nitrogens with zero attached hydrogens (tertiary/aromatic N) is 1. The molecule has 1 amide bonds. The molecule has 0 unspecified atom stereocenters. The second kappa shape index (κ2) is 11.1. The smallest absolute Gasteiger partial charge is 0.264 e. The summed E-state index contributed by atoms with van der Waals surface area (Å²) in [6, 6.07) is 22.0. The van der Waals surface area contributed by atoms with Crippen LogP contribution < -0.4 is 9.62 Å². The van der Waals surface area contributed by atoms with Crippen LogP contribution in [0.1, 0.15) is 61.4 Å². The maximum atomic E-state index is 13.7. The highest BCUT2D eigenvalue weighted by Crippen LogP contribution is 2.29. The summed E-state index contributed by atoms with van der Waals surface area (Å²) < 4.78 is 28.6. The fourth-order valence-electron chi connectivity index (χ4n) is 4.83. The number of hydrogen-bond donors (Lipinski definition) is 1. The van der Waals surface area contributed by atoms with E-state index >= 15 is 0 Å². The number of aryl methyl sites for hydroxylation is 3. The van der Waals surface area contributed by atoms with E-state index in [1.807, 2.05) is 32.0 Å². The van der Waals surface area contributed by atoms with Crippen LogP contribution in [0.15, 0.2) is 77.7 Å². The Balaban J connectivity index is 1.62. The third kappa shape index (κ3) is 5.59. The van der Waals surface area contributed by atoms with E-state index in [0.29, 0.717) is 12.1 Å². The lowest BCUT2D eigenvalue weighted by Gasteiger charge is -2.27. The fraction of sp³-hybridized carbons (Fsp3) is 0.345. The summed E-state index contributed by atoms with van der Waals surface area (Å²) in [5.74, 6) is -0.319. The average Bonchev–Trinajstić information content (AvgIpc) is 2.90. The molecule has 1 aliphatic carbocycles. The third-order valence-electron chi connectivity index (χ3n) is 6.78. The monoisotopic (exact) mass is 490 g/mol. The number of fused-ring (bicyclic) bond motifs is 1. The fourth-order valence-corrected chi connectivity index (χ4v) is 6.31. The minimum Gasteiger partial charge on any atom is -0.348 e. The van der Waals surface area contributed by atoms with Crippen LogP contribution in [0.2, 0.25) is 0 Å². The second-order valence-corrected chi connectivity index (χ2v) is 10.9. The average molecular weight is 491 g/mol. The van der Waals surface area contributed by atoms with Crippen LogP contribution in [0.25, 0.3) is 0 Å². The Morgan fingerprint density at radius 2 is 1.60 bits per heavy atom. The van der Waals surface area contributed by atoms with Crippen LogP contribution in [0.5, 0.6) is 0 Å². The zero-order valence-electron chi connectivity index (χ0n) is 20.5. The first-order chi connectivity index (χ1) is 16.9. The molecule has 0 aromatic heterocycles. The van der Waals surface area contributed by atoms with Crippen LogP contribution >= 0.6 is 0 Å². The summed E-state index contributed by atoms with van der Waals surface area (Å²) in [6.07, 6.45) is 5.99. The molecule has 184 valence electrons. The lowest BCUT2D eigenvalue weighted by molar-refractivity contribution is -0.120. The van der Waals surface area contributed by atoms with Gasteiger partial charge in [0.1, 0.15) is 6.54 Å². The number of rotatable bonds is 9. The van der Waals surface area contributed by atoms with Crippen molar-refractivity contribution in [3.05, 3.63) is 95.1 Å². The van der Waals surface area contributed by atoms with Crippen molar-refractivity contribution in [2.75, 3.05) is 10.8 Å². The van der Waals surface area contributed by atoms with E-state index < -0.39 is 10.0 Å². The van der Waals surface area contributed by atoms with Crippen molar-refractivity contribution in [1.29, 1.82) is 0 Å². The standard InChI is InChI=1S/C29H34N2O3S/c1-3-22-12-10-11-17-28(22)31(35(33,34)26-15-6-5-7-16-26)21-29(32)30-27(4-2)25-19-18-23-13-8-9-14-24(23)20-25/h5-7,10-12,15-20,27H,3-4,8-9,13-14,21H2,1-2H3,(H,30,32)/t27-/m0/s1. The number of para-hydroxylation sites is 1. The van der Waals surface area contributed by atoms with Crippen LogP contribution in [-0.4, -0.2) is 20.9 Å². The first kappa shape index (κ1) is 25.0. The van der Waals surface area contributed by atoms with E-state index in [-0.39, 0.29) is 23.4 Å². The van der Waals surface area contributed by atoms with Crippen molar-refractivity contribution in [2.24, 2.45) is 0 Å². The maximum Gasteiger partial charge on any atom is 0.264 e. The molecular weight excluding hydrogens is 456 g/mol. The normalized spacial score (nSPS) is 14.1. The van der Waals surface area contributed by atoms with Crippen molar-refractivity contribution in [3.8, 4) is 0 Å². The molecule has 0 spiro atoms. The van der Waals surface area contributed by atoms with Gasteiger partial charge in [-0.1, -0.05) is 68.4 Å². The van der Waals surface area contributed by atoms with Gasteiger partial charge >= 0.3 is 0 Å². The molecule has 0 heterocycles. The largest absolute Gasteiger partial charge is 0.348 e. The van der Waals surface area contributed by atoms with Gasteiger partial charge in [0.25, 0.3) is 10.0 Å². The molecular formula is C29H34N2O3S. The summed E-state index contributed by atoms with van der Waals surface area (Å²) in [7, 11) is -3.93. The topological polar surface area (TPSA) is 66.5 Å². The molecule has 0 aliphatic heterocycles. The van der Waals surface area contributed by atoms with Gasteiger partial charge in [-0.2, -0.15) is 0 Å². The molecule has 35 heavy (non-hydrogen) atoms. The van der Waals surface area contributed by atoms with E-state index in [1.165, 1.54) is 28.3 Å². The molecule has 5 nitrogen and oxygen atoms in total. The molecule has 6 heteroatoms. The number of sulfonamides is 1. The summed E-state index contributed by atoms with van der Waals surface area (Å²) in [6.45, 7) is 3.74. The predicted octanol–water partition coefficient (Wildman–Crippen LogP) is 5.59. The molecule has 1 aliphatic rings. The van der Waals surface area contributed by atoms with Gasteiger partial charge in [0, 0.05) is 0 Å². The van der Waals surface area contributed by atoms with Gasteiger partial charge in [-0.25, -0.2) is 8.42 Å². The second-order valence-electron chi connectivity index (χ2n) is 9.07. The van der Waals surface area contributed by atoms with Crippen molar-refractivity contribution in [1.82, 2.24) is 5.32 Å². The van der Waals surface area contributed by atoms with Gasteiger partial charge in [-0.05, 0) is 79.0 Å². The Labute approximate surface area is 209 Å². The molecule has 0 bridgehead atoms. The molecule has 0 saturated carbocycles. The van der Waals surface area contributed by atoms with Crippen molar-refractivity contribution in [2.45, 2.75) is 63.3 Å². The van der Waals surface area contributed by atoms with Crippen molar-refractivity contribution in [3.63, 3.8) is 0 Å². The number of nitrogens with one attached hydrogen (secondary N) is 1. The summed E-state index contributed by atoms with van der Waals surface area (Å²) in [5.41, 5.74) is 5.26. The Kier molecular flexibility index (Phi) is 7.91. The van der Waals surface area contributed by atoms with E-state index in [0.717, 1.165) is 30.4 Å². The van der Waals surface area contributed by atoms with Crippen LogP contribution in [-0.2, 0) is 34.1 Å². The van der Waals surface area contributed by atoms with E-state index in [4.69, 9.17) is 0 Å². The molecule has 3 aromatic rings. The van der Waals surface area contributed by atoms with Gasteiger partial charge < -0.3 is 5.32 Å². The number of anilines is 1. The minimum absolute atomic E-state index is 0.167. The van der Waals surface area contributed by atoms with Gasteiger partial charge in [0.15, 0.2) is 0 Å². The first-order valence-electron chi connectivity index (χ1n) is 12.5. The van der Waals surface area contributed by atoms with Crippen molar-refractivity contribution >= 4 is 21.6 Å². The van der Waals surface area contributed by atoms with Gasteiger partial charge in [-0.3, -0.25) is 9.10 Å². The molecule has 4 rings (SSSR count). The van der Waals surface area contributed by atoms with E-state index in [9.17, 15) is 13.2 Å².